The Hall–Kier alpha value is -2.74. The molecule has 0 bridgehead atoms. The van der Waals surface area contributed by atoms with Crippen LogP contribution in [0.2, 0.25) is 0 Å². The monoisotopic (exact) mass is 382 g/mol. The van der Waals surface area contributed by atoms with E-state index < -0.39 is 23.8 Å². The largest absolute Gasteiger partial charge is 0.369 e. The van der Waals surface area contributed by atoms with E-state index in [1.165, 1.54) is 12.8 Å². The number of nitrogens with one attached hydrogen (secondary N) is 2. The lowest BCUT2D eigenvalue weighted by Gasteiger charge is -2.27. The topological polar surface area (TPSA) is 98.8 Å². The van der Waals surface area contributed by atoms with Gasteiger partial charge in [0.15, 0.2) is 0 Å². The Bertz CT molecular complexity index is 923. The van der Waals surface area contributed by atoms with Gasteiger partial charge in [-0.2, -0.15) is 0 Å². The van der Waals surface area contributed by atoms with Crippen LogP contribution in [0.15, 0.2) is 18.2 Å². The Kier molecular flexibility index (Phi) is 3.64. The van der Waals surface area contributed by atoms with Crippen LogP contribution in [-0.2, 0) is 9.59 Å². The first-order chi connectivity index (χ1) is 13.4. The standard InChI is InChI=1S/C20H22N4O4/c1-21-15-9-23(10-20(15)6-7-20)11-2-3-12-13(8-11)19(28)24(18(12)27)14-4-5-16(25)22-17(14)26/h2-3,8,14-15,21H,4-7,9-10H2,1H3,(H,22,25,26). The van der Waals surface area contributed by atoms with Gasteiger partial charge in [0.05, 0.1) is 11.1 Å². The third-order valence-corrected chi connectivity index (χ3v) is 6.68. The highest BCUT2D eigenvalue weighted by molar-refractivity contribution is 6.23. The summed E-state index contributed by atoms with van der Waals surface area (Å²) < 4.78 is 0. The SMILES string of the molecule is CNC1CN(c2ccc3c(c2)C(=O)N(C2CCC(=O)NC2=O)C3=O)CC12CC2. The summed E-state index contributed by atoms with van der Waals surface area (Å²) in [5, 5.41) is 5.62. The molecule has 1 aromatic rings. The number of hydrogen-bond acceptors (Lipinski definition) is 6. The molecule has 8 heteroatoms. The van der Waals surface area contributed by atoms with Crippen LogP contribution in [0.5, 0.6) is 0 Å². The molecule has 3 aliphatic heterocycles. The molecule has 5 rings (SSSR count). The van der Waals surface area contributed by atoms with Gasteiger partial charge >= 0.3 is 0 Å². The molecule has 0 radical (unpaired) electrons. The van der Waals surface area contributed by atoms with E-state index >= 15 is 0 Å². The Balaban J connectivity index is 1.42. The number of hydrogen-bond donors (Lipinski definition) is 2. The maximum atomic E-state index is 13.0. The molecule has 1 aliphatic carbocycles. The zero-order chi connectivity index (χ0) is 19.6. The average Bonchev–Trinajstić information content (AvgIpc) is 3.29. The Morgan fingerprint density at radius 1 is 1.11 bits per heavy atom. The molecular weight excluding hydrogens is 360 g/mol. The number of anilines is 1. The van der Waals surface area contributed by atoms with Gasteiger partial charge in [0, 0.05) is 36.7 Å². The second kappa shape index (κ2) is 5.88. The smallest absolute Gasteiger partial charge is 0.262 e. The fourth-order valence-corrected chi connectivity index (χ4v) is 4.89. The van der Waals surface area contributed by atoms with Gasteiger partial charge in [-0.25, -0.2) is 0 Å². The number of rotatable bonds is 3. The molecule has 2 saturated heterocycles. The van der Waals surface area contributed by atoms with Crippen molar-refractivity contribution in [2.75, 3.05) is 25.0 Å². The predicted octanol–water partition coefficient (Wildman–Crippen LogP) is 0.276. The summed E-state index contributed by atoms with van der Waals surface area (Å²) in [6.45, 7) is 1.81. The van der Waals surface area contributed by atoms with Crippen molar-refractivity contribution in [2.45, 2.75) is 37.8 Å². The van der Waals surface area contributed by atoms with Gasteiger partial charge in [-0.3, -0.25) is 29.4 Å². The van der Waals surface area contributed by atoms with Crippen molar-refractivity contribution in [1.82, 2.24) is 15.5 Å². The van der Waals surface area contributed by atoms with Crippen LogP contribution in [0, 0.1) is 5.41 Å². The number of amides is 4. The van der Waals surface area contributed by atoms with Gasteiger partial charge in [-0.1, -0.05) is 0 Å². The molecule has 2 unspecified atom stereocenters. The number of nitrogens with zero attached hydrogens (tertiary/aromatic N) is 2. The van der Waals surface area contributed by atoms with E-state index in [-0.39, 0.29) is 18.7 Å². The van der Waals surface area contributed by atoms with Gasteiger partial charge in [0.25, 0.3) is 11.8 Å². The van der Waals surface area contributed by atoms with Crippen LogP contribution < -0.4 is 15.5 Å². The third-order valence-electron chi connectivity index (χ3n) is 6.68. The van der Waals surface area contributed by atoms with Crippen LogP contribution in [0.25, 0.3) is 0 Å². The Morgan fingerprint density at radius 3 is 2.50 bits per heavy atom. The molecular formula is C20H22N4O4. The van der Waals surface area contributed by atoms with E-state index in [1.54, 1.807) is 12.1 Å². The number of benzene rings is 1. The molecule has 4 aliphatic rings. The average molecular weight is 382 g/mol. The zero-order valence-corrected chi connectivity index (χ0v) is 15.7. The summed E-state index contributed by atoms with van der Waals surface area (Å²) in [6.07, 6.45) is 2.71. The maximum Gasteiger partial charge on any atom is 0.262 e. The van der Waals surface area contributed by atoms with Crippen LogP contribution in [0.4, 0.5) is 5.69 Å². The third kappa shape index (κ3) is 2.40. The first-order valence-electron chi connectivity index (χ1n) is 9.71. The second-order valence-electron chi connectivity index (χ2n) is 8.26. The number of imide groups is 2. The van der Waals surface area contributed by atoms with Crippen LogP contribution in [-0.4, -0.2) is 60.7 Å². The first-order valence-corrected chi connectivity index (χ1v) is 9.71. The number of carbonyl (C=O) groups is 4. The fraction of sp³-hybridized carbons (Fsp3) is 0.500. The molecule has 4 amide bonds. The van der Waals surface area contributed by atoms with Crippen LogP contribution in [0.3, 0.4) is 0 Å². The van der Waals surface area contributed by atoms with E-state index in [1.807, 2.05) is 13.1 Å². The highest BCUT2D eigenvalue weighted by Gasteiger charge is 2.54. The lowest BCUT2D eigenvalue weighted by atomic mass is 10.0. The summed E-state index contributed by atoms with van der Waals surface area (Å²) in [4.78, 5) is 52.6. The zero-order valence-electron chi connectivity index (χ0n) is 15.7. The Labute approximate surface area is 162 Å². The quantitative estimate of drug-likeness (QED) is 0.729. The maximum absolute atomic E-state index is 13.0. The molecule has 3 fully saturated rings. The summed E-state index contributed by atoms with van der Waals surface area (Å²) in [5.74, 6) is -1.88. The minimum absolute atomic E-state index is 0.121. The molecule has 1 spiro atoms. The molecule has 3 heterocycles. The molecule has 8 nitrogen and oxygen atoms in total. The van der Waals surface area contributed by atoms with Crippen LogP contribution >= 0.6 is 0 Å². The molecule has 1 saturated carbocycles. The minimum atomic E-state index is -0.927. The fourth-order valence-electron chi connectivity index (χ4n) is 4.89. The van der Waals surface area contributed by atoms with Crippen molar-refractivity contribution in [1.29, 1.82) is 0 Å². The van der Waals surface area contributed by atoms with Gasteiger partial charge in [-0.15, -0.1) is 0 Å². The van der Waals surface area contributed by atoms with Crippen molar-refractivity contribution in [3.05, 3.63) is 29.3 Å². The van der Waals surface area contributed by atoms with Crippen molar-refractivity contribution in [3.63, 3.8) is 0 Å². The summed E-state index contributed by atoms with van der Waals surface area (Å²) in [7, 11) is 1.98. The molecule has 2 N–H and O–H groups in total. The number of fused-ring (bicyclic) bond motifs is 1. The van der Waals surface area contributed by atoms with Gasteiger partial charge in [0.2, 0.25) is 11.8 Å². The van der Waals surface area contributed by atoms with E-state index in [2.05, 4.69) is 15.5 Å². The van der Waals surface area contributed by atoms with Gasteiger partial charge in [-0.05, 0) is 44.5 Å². The number of likely N-dealkylation sites (N-methyl/N-ethyl adjacent to an activating group) is 1. The highest BCUT2D eigenvalue weighted by atomic mass is 16.2. The van der Waals surface area contributed by atoms with E-state index in [9.17, 15) is 19.2 Å². The summed E-state index contributed by atoms with van der Waals surface area (Å²) in [5.41, 5.74) is 1.91. The van der Waals surface area contributed by atoms with Crippen molar-refractivity contribution >= 4 is 29.3 Å². The predicted molar refractivity (Wildman–Crippen MR) is 99.8 cm³/mol. The lowest BCUT2D eigenvalue weighted by molar-refractivity contribution is -0.136. The Morgan fingerprint density at radius 2 is 1.86 bits per heavy atom. The first kappa shape index (κ1) is 17.4. The normalized spacial score (nSPS) is 28.2. The van der Waals surface area contributed by atoms with Gasteiger partial charge in [0.1, 0.15) is 6.04 Å². The second-order valence-corrected chi connectivity index (χ2v) is 8.26. The minimum Gasteiger partial charge on any atom is -0.369 e. The molecule has 146 valence electrons. The van der Waals surface area contributed by atoms with Crippen molar-refractivity contribution < 1.29 is 19.2 Å². The summed E-state index contributed by atoms with van der Waals surface area (Å²) in [6, 6.07) is 4.84. The lowest BCUT2D eigenvalue weighted by Crippen LogP contribution is -2.54. The molecule has 2 atom stereocenters. The number of carbonyl (C=O) groups excluding carboxylic acids is 4. The van der Waals surface area contributed by atoms with Gasteiger partial charge < -0.3 is 10.2 Å². The van der Waals surface area contributed by atoms with Crippen molar-refractivity contribution in [2.24, 2.45) is 5.41 Å². The van der Waals surface area contributed by atoms with Crippen molar-refractivity contribution in [3.8, 4) is 0 Å². The molecule has 0 aromatic heterocycles. The van der Waals surface area contributed by atoms with Crippen LogP contribution in [0.1, 0.15) is 46.4 Å². The summed E-state index contributed by atoms with van der Waals surface area (Å²) >= 11 is 0. The van der Waals surface area contributed by atoms with E-state index in [4.69, 9.17) is 0 Å². The highest BCUT2D eigenvalue weighted by Crippen LogP contribution is 2.53. The molecule has 1 aromatic carbocycles. The molecule has 28 heavy (non-hydrogen) atoms. The van der Waals surface area contributed by atoms with E-state index in [0.29, 0.717) is 22.6 Å². The van der Waals surface area contributed by atoms with E-state index in [0.717, 1.165) is 23.7 Å². The number of piperidine rings is 1.